The molecule has 6 heteroatoms. The van der Waals surface area contributed by atoms with Crippen molar-refractivity contribution in [2.24, 2.45) is 5.10 Å². The number of carbonyl (C=O) groups excluding carboxylic acids is 1. The fraction of sp³-hybridized carbons (Fsp3) is 0.0909. The summed E-state index contributed by atoms with van der Waals surface area (Å²) in [7, 11) is 0. The van der Waals surface area contributed by atoms with Crippen LogP contribution in [-0.4, -0.2) is 15.4 Å². The molecule has 28 heavy (non-hydrogen) atoms. The first kappa shape index (κ1) is 20.0. The number of hydrogen-bond donors (Lipinski definition) is 2. The first-order valence-corrected chi connectivity index (χ1v) is 10.7. The molecule has 1 amide bonds. The molecule has 0 saturated carbocycles. The van der Waals surface area contributed by atoms with E-state index in [0.29, 0.717) is 0 Å². The van der Waals surface area contributed by atoms with Gasteiger partial charge in [0.05, 0.1) is 5.56 Å². The Kier molecular flexibility index (Phi) is 7.58. The molecule has 0 spiro atoms. The van der Waals surface area contributed by atoms with Gasteiger partial charge in [-0.3, -0.25) is 4.79 Å². The number of benzene rings is 3. The highest BCUT2D eigenvalue weighted by Gasteiger charge is 2.11. The lowest BCUT2D eigenvalue weighted by molar-refractivity contribution is 0.0952. The molecule has 2 N–H and O–H groups in total. The maximum atomic E-state index is 12.3. The Morgan fingerprint density at radius 1 is 0.786 bits per heavy atom. The lowest BCUT2D eigenvalue weighted by atomic mass is 10.2. The van der Waals surface area contributed by atoms with Crippen molar-refractivity contribution in [3.8, 4) is 5.75 Å². The van der Waals surface area contributed by atoms with E-state index in [0.717, 1.165) is 15.9 Å². The summed E-state index contributed by atoms with van der Waals surface area (Å²) >= 11 is 3.14. The van der Waals surface area contributed by atoms with E-state index in [1.807, 2.05) is 36.4 Å². The van der Waals surface area contributed by atoms with Gasteiger partial charge in [0.2, 0.25) is 0 Å². The average Bonchev–Trinajstić information content (AvgIpc) is 2.75. The van der Waals surface area contributed by atoms with Gasteiger partial charge in [0.1, 0.15) is 5.75 Å². The van der Waals surface area contributed by atoms with Crippen molar-refractivity contribution >= 4 is 33.8 Å². The van der Waals surface area contributed by atoms with Crippen LogP contribution < -0.4 is 5.43 Å². The Hall–Kier alpha value is -2.70. The fourth-order valence-corrected chi connectivity index (χ4v) is 4.24. The van der Waals surface area contributed by atoms with Crippen molar-refractivity contribution in [1.29, 1.82) is 0 Å². The van der Waals surface area contributed by atoms with Gasteiger partial charge in [-0.25, -0.2) is 5.43 Å². The fourth-order valence-electron chi connectivity index (χ4n) is 2.37. The zero-order valence-corrected chi connectivity index (χ0v) is 16.7. The van der Waals surface area contributed by atoms with Crippen molar-refractivity contribution in [3.63, 3.8) is 0 Å². The van der Waals surface area contributed by atoms with Gasteiger partial charge in [-0.2, -0.15) is 5.10 Å². The highest BCUT2D eigenvalue weighted by Crippen LogP contribution is 2.24. The van der Waals surface area contributed by atoms with Gasteiger partial charge in [-0.05, 0) is 23.3 Å². The van der Waals surface area contributed by atoms with Crippen LogP contribution in [0.15, 0.2) is 90.0 Å². The highest BCUT2D eigenvalue weighted by molar-refractivity contribution is 8.38. The van der Waals surface area contributed by atoms with E-state index >= 15 is 0 Å². The van der Waals surface area contributed by atoms with Crippen LogP contribution in [0, 0.1) is 0 Å². The molecule has 0 unspecified atom stereocenters. The Labute approximate surface area is 173 Å². The van der Waals surface area contributed by atoms with Crippen LogP contribution in [-0.2, 0) is 11.5 Å². The maximum absolute atomic E-state index is 12.3. The summed E-state index contributed by atoms with van der Waals surface area (Å²) < 4.78 is 0.761. The standard InChI is InChI=1S/C22H20N2O2S2/c25-20-14-8-7-13-19(20)21(26)23-24-22(27-15-17-9-3-1-4-10-17)28-16-18-11-5-2-6-12-18/h1-14,25H,15-16H2,(H,23,26). The molecule has 0 radical (unpaired) electrons. The van der Waals surface area contributed by atoms with Crippen molar-refractivity contribution < 1.29 is 9.90 Å². The van der Waals surface area contributed by atoms with Gasteiger partial charge in [0.15, 0.2) is 4.38 Å². The zero-order valence-electron chi connectivity index (χ0n) is 15.1. The normalized spacial score (nSPS) is 10.3. The number of para-hydroxylation sites is 1. The number of carbonyl (C=O) groups is 1. The second-order valence-corrected chi connectivity index (χ2v) is 8.07. The van der Waals surface area contributed by atoms with E-state index in [9.17, 15) is 9.90 Å². The third kappa shape index (κ3) is 6.18. The summed E-state index contributed by atoms with van der Waals surface area (Å²) in [6.45, 7) is 0. The van der Waals surface area contributed by atoms with Crippen molar-refractivity contribution in [1.82, 2.24) is 5.43 Å². The van der Waals surface area contributed by atoms with E-state index in [1.165, 1.54) is 17.2 Å². The van der Waals surface area contributed by atoms with Crippen LogP contribution in [0.3, 0.4) is 0 Å². The van der Waals surface area contributed by atoms with E-state index < -0.39 is 5.91 Å². The minimum atomic E-state index is -0.434. The molecule has 0 aliphatic carbocycles. The third-order valence-corrected chi connectivity index (χ3v) is 6.15. The molecule has 0 aliphatic rings. The molecule has 0 fully saturated rings. The molecule has 3 rings (SSSR count). The number of hydrogen-bond acceptors (Lipinski definition) is 5. The predicted molar refractivity (Wildman–Crippen MR) is 118 cm³/mol. The first-order chi connectivity index (χ1) is 13.7. The SMILES string of the molecule is O=C(NN=C(SCc1ccccc1)SCc1ccccc1)c1ccccc1O. The van der Waals surface area contributed by atoms with Gasteiger partial charge in [-0.15, -0.1) is 0 Å². The van der Waals surface area contributed by atoms with Crippen LogP contribution in [0.2, 0.25) is 0 Å². The van der Waals surface area contributed by atoms with Crippen LogP contribution in [0.25, 0.3) is 0 Å². The molecule has 3 aromatic carbocycles. The van der Waals surface area contributed by atoms with E-state index in [2.05, 4.69) is 34.8 Å². The van der Waals surface area contributed by atoms with Gasteiger partial charge in [0.25, 0.3) is 5.91 Å². The molecule has 0 bridgehead atoms. The number of nitrogens with zero attached hydrogens (tertiary/aromatic N) is 1. The topological polar surface area (TPSA) is 61.7 Å². The van der Waals surface area contributed by atoms with Crippen molar-refractivity contribution in [2.75, 3.05) is 0 Å². The monoisotopic (exact) mass is 408 g/mol. The second kappa shape index (κ2) is 10.6. The summed E-state index contributed by atoms with van der Waals surface area (Å²) in [5.74, 6) is 1.02. The Morgan fingerprint density at radius 3 is 1.82 bits per heavy atom. The maximum Gasteiger partial charge on any atom is 0.275 e. The van der Waals surface area contributed by atoms with Gasteiger partial charge in [0, 0.05) is 11.5 Å². The largest absolute Gasteiger partial charge is 0.507 e. The predicted octanol–water partition coefficient (Wildman–Crippen LogP) is 5.26. The summed E-state index contributed by atoms with van der Waals surface area (Å²) in [6, 6.07) is 26.7. The molecule has 0 atom stereocenters. The highest BCUT2D eigenvalue weighted by atomic mass is 32.2. The Morgan fingerprint density at radius 2 is 1.29 bits per heavy atom. The number of thioether (sulfide) groups is 2. The van der Waals surface area contributed by atoms with Gasteiger partial charge in [-0.1, -0.05) is 96.3 Å². The minimum Gasteiger partial charge on any atom is -0.507 e. The third-order valence-electron chi connectivity index (χ3n) is 3.81. The average molecular weight is 409 g/mol. The first-order valence-electron chi connectivity index (χ1n) is 8.72. The van der Waals surface area contributed by atoms with Crippen molar-refractivity contribution in [3.05, 3.63) is 102 Å². The van der Waals surface area contributed by atoms with E-state index in [1.54, 1.807) is 41.7 Å². The van der Waals surface area contributed by atoms with Crippen molar-refractivity contribution in [2.45, 2.75) is 11.5 Å². The summed E-state index contributed by atoms with van der Waals surface area (Å²) in [4.78, 5) is 12.3. The smallest absolute Gasteiger partial charge is 0.275 e. The van der Waals surface area contributed by atoms with Crippen LogP contribution in [0.4, 0.5) is 0 Å². The number of aromatic hydroxyl groups is 1. The Balaban J connectivity index is 1.67. The lowest BCUT2D eigenvalue weighted by Crippen LogP contribution is -2.18. The second-order valence-electron chi connectivity index (χ2n) is 5.88. The molecule has 3 aromatic rings. The summed E-state index contributed by atoms with van der Waals surface area (Å²) in [6.07, 6.45) is 0. The number of hydrazone groups is 1. The van der Waals surface area contributed by atoms with E-state index in [-0.39, 0.29) is 11.3 Å². The van der Waals surface area contributed by atoms with E-state index in [4.69, 9.17) is 0 Å². The minimum absolute atomic E-state index is 0.0642. The molecule has 0 heterocycles. The molecule has 0 aromatic heterocycles. The quantitative estimate of drug-likeness (QED) is 0.332. The molecule has 142 valence electrons. The molecule has 4 nitrogen and oxygen atoms in total. The van der Waals surface area contributed by atoms with Crippen LogP contribution in [0.5, 0.6) is 5.75 Å². The zero-order chi connectivity index (χ0) is 19.6. The molecule has 0 aliphatic heterocycles. The van der Waals surface area contributed by atoms with Crippen LogP contribution >= 0.6 is 23.5 Å². The van der Waals surface area contributed by atoms with Gasteiger partial charge >= 0.3 is 0 Å². The van der Waals surface area contributed by atoms with Crippen LogP contribution in [0.1, 0.15) is 21.5 Å². The Bertz CT molecular complexity index is 886. The summed E-state index contributed by atoms with van der Waals surface area (Å²) in [5, 5.41) is 14.1. The lowest BCUT2D eigenvalue weighted by Gasteiger charge is -2.08. The molecular formula is C22H20N2O2S2. The summed E-state index contributed by atoms with van der Waals surface area (Å²) in [5.41, 5.74) is 5.14. The molecular weight excluding hydrogens is 388 g/mol. The number of phenols is 1. The molecule has 0 saturated heterocycles. The van der Waals surface area contributed by atoms with Gasteiger partial charge < -0.3 is 5.11 Å². The number of amides is 1. The number of phenolic OH excluding ortho intramolecular Hbond substituents is 1. The number of nitrogens with one attached hydrogen (secondary N) is 1. The number of rotatable bonds is 6.